The third-order valence-electron chi connectivity index (χ3n) is 3.14. The third-order valence-corrected chi connectivity index (χ3v) is 3.14. The summed E-state index contributed by atoms with van der Waals surface area (Å²) in [7, 11) is 1.53. The Morgan fingerprint density at radius 2 is 1.81 bits per heavy atom. The Balaban J connectivity index is 2.26. The summed E-state index contributed by atoms with van der Waals surface area (Å²) in [6.07, 6.45) is 0. The van der Waals surface area contributed by atoms with Gasteiger partial charge in [0.05, 0.1) is 12.7 Å². The van der Waals surface area contributed by atoms with Crippen molar-refractivity contribution >= 4 is 0 Å². The van der Waals surface area contributed by atoms with Gasteiger partial charge in [-0.05, 0) is 25.1 Å². The van der Waals surface area contributed by atoms with Crippen molar-refractivity contribution < 1.29 is 18.3 Å². The number of methoxy groups -OCH3 is 1. The van der Waals surface area contributed by atoms with Crippen molar-refractivity contribution in [1.29, 1.82) is 0 Å². The number of halogens is 2. The zero-order valence-corrected chi connectivity index (χ0v) is 11.9. The fourth-order valence-corrected chi connectivity index (χ4v) is 1.96. The van der Waals surface area contributed by atoms with Gasteiger partial charge in [-0.15, -0.1) is 0 Å². The maximum absolute atomic E-state index is 13.6. The standard InChI is InChI=1S/C16H17F2NO2/c1-10(19)12-7-6-11(20-2)8-16(12)21-9-13-14(17)4-3-5-15(13)18/h3-8,10H,9,19H2,1-2H3/t10-/m1/s1. The second-order valence-corrected chi connectivity index (χ2v) is 4.68. The van der Waals surface area contributed by atoms with Crippen LogP contribution in [-0.2, 0) is 6.61 Å². The predicted octanol–water partition coefficient (Wildman–Crippen LogP) is 3.57. The summed E-state index contributed by atoms with van der Waals surface area (Å²) < 4.78 is 37.8. The summed E-state index contributed by atoms with van der Waals surface area (Å²) in [6, 6.07) is 8.62. The topological polar surface area (TPSA) is 44.5 Å². The first-order valence-electron chi connectivity index (χ1n) is 6.52. The van der Waals surface area contributed by atoms with E-state index >= 15 is 0 Å². The normalized spacial score (nSPS) is 12.0. The number of hydrogen-bond acceptors (Lipinski definition) is 3. The van der Waals surface area contributed by atoms with Crippen LogP contribution in [0.4, 0.5) is 8.78 Å². The second-order valence-electron chi connectivity index (χ2n) is 4.68. The lowest BCUT2D eigenvalue weighted by Gasteiger charge is -2.15. The molecule has 0 aliphatic heterocycles. The molecule has 0 aliphatic rings. The van der Waals surface area contributed by atoms with Crippen molar-refractivity contribution in [1.82, 2.24) is 0 Å². The van der Waals surface area contributed by atoms with Crippen LogP contribution in [0.2, 0.25) is 0 Å². The summed E-state index contributed by atoms with van der Waals surface area (Å²) in [5.41, 5.74) is 6.49. The van der Waals surface area contributed by atoms with E-state index in [-0.39, 0.29) is 18.2 Å². The van der Waals surface area contributed by atoms with E-state index < -0.39 is 11.6 Å². The molecule has 0 spiro atoms. The lowest BCUT2D eigenvalue weighted by molar-refractivity contribution is 0.286. The highest BCUT2D eigenvalue weighted by Gasteiger charge is 2.13. The summed E-state index contributed by atoms with van der Waals surface area (Å²) in [5.74, 6) is -0.240. The van der Waals surface area contributed by atoms with Gasteiger partial charge in [-0.1, -0.05) is 12.1 Å². The van der Waals surface area contributed by atoms with Crippen LogP contribution in [0.15, 0.2) is 36.4 Å². The third kappa shape index (κ3) is 3.49. The molecule has 2 aromatic rings. The molecule has 0 radical (unpaired) electrons. The Bertz CT molecular complexity index is 609. The lowest BCUT2D eigenvalue weighted by atomic mass is 10.1. The summed E-state index contributed by atoms with van der Waals surface area (Å²) >= 11 is 0. The Labute approximate surface area is 122 Å². The number of hydrogen-bond donors (Lipinski definition) is 1. The molecule has 21 heavy (non-hydrogen) atoms. The molecule has 3 nitrogen and oxygen atoms in total. The molecule has 0 heterocycles. The Morgan fingerprint density at radius 1 is 1.14 bits per heavy atom. The Kier molecular flexibility index (Phi) is 4.75. The van der Waals surface area contributed by atoms with Gasteiger partial charge in [-0.2, -0.15) is 0 Å². The Hall–Kier alpha value is -2.14. The average Bonchev–Trinajstić information content (AvgIpc) is 2.46. The Morgan fingerprint density at radius 3 is 2.38 bits per heavy atom. The van der Waals surface area contributed by atoms with Gasteiger partial charge in [0.25, 0.3) is 0 Å². The summed E-state index contributed by atoms with van der Waals surface area (Å²) in [5, 5.41) is 0. The van der Waals surface area contributed by atoms with Crippen LogP contribution in [0, 0.1) is 11.6 Å². The maximum atomic E-state index is 13.6. The van der Waals surface area contributed by atoms with Gasteiger partial charge in [-0.3, -0.25) is 0 Å². The van der Waals surface area contributed by atoms with E-state index in [9.17, 15) is 8.78 Å². The van der Waals surface area contributed by atoms with E-state index in [1.807, 2.05) is 0 Å². The molecule has 5 heteroatoms. The molecule has 0 bridgehead atoms. The predicted molar refractivity (Wildman–Crippen MR) is 76.3 cm³/mol. The molecule has 0 saturated heterocycles. The van der Waals surface area contributed by atoms with E-state index in [0.29, 0.717) is 11.5 Å². The molecule has 2 aromatic carbocycles. The molecule has 0 aromatic heterocycles. The highest BCUT2D eigenvalue weighted by Crippen LogP contribution is 2.29. The van der Waals surface area contributed by atoms with Crippen molar-refractivity contribution in [2.45, 2.75) is 19.6 Å². The first-order valence-corrected chi connectivity index (χ1v) is 6.52. The quantitative estimate of drug-likeness (QED) is 0.916. The van der Waals surface area contributed by atoms with Crippen molar-refractivity contribution in [2.75, 3.05) is 7.11 Å². The maximum Gasteiger partial charge on any atom is 0.132 e. The first kappa shape index (κ1) is 15.3. The van der Waals surface area contributed by atoms with Crippen LogP contribution >= 0.6 is 0 Å². The minimum atomic E-state index is -0.639. The molecule has 0 unspecified atom stereocenters. The molecule has 2 N–H and O–H groups in total. The number of nitrogens with two attached hydrogens (primary N) is 1. The molecule has 2 rings (SSSR count). The minimum absolute atomic E-state index is 0.115. The minimum Gasteiger partial charge on any atom is -0.497 e. The number of benzene rings is 2. The summed E-state index contributed by atoms with van der Waals surface area (Å²) in [6.45, 7) is 1.59. The van der Waals surface area contributed by atoms with Crippen LogP contribution in [0.3, 0.4) is 0 Å². The van der Waals surface area contributed by atoms with Crippen LogP contribution in [0.25, 0.3) is 0 Å². The molecular formula is C16H17F2NO2. The van der Waals surface area contributed by atoms with Gasteiger partial charge in [0.1, 0.15) is 29.7 Å². The van der Waals surface area contributed by atoms with Gasteiger partial charge in [-0.25, -0.2) is 8.78 Å². The second kappa shape index (κ2) is 6.54. The highest BCUT2D eigenvalue weighted by atomic mass is 19.1. The van der Waals surface area contributed by atoms with E-state index in [1.165, 1.54) is 25.3 Å². The van der Waals surface area contributed by atoms with Gasteiger partial charge < -0.3 is 15.2 Å². The van der Waals surface area contributed by atoms with Gasteiger partial charge in [0.2, 0.25) is 0 Å². The molecule has 1 atom stereocenters. The number of ether oxygens (including phenoxy) is 2. The van der Waals surface area contributed by atoms with Crippen molar-refractivity contribution in [3.8, 4) is 11.5 Å². The van der Waals surface area contributed by atoms with E-state index in [2.05, 4.69) is 0 Å². The van der Waals surface area contributed by atoms with Crippen LogP contribution in [0.1, 0.15) is 24.1 Å². The summed E-state index contributed by atoms with van der Waals surface area (Å²) in [4.78, 5) is 0. The molecular weight excluding hydrogens is 276 g/mol. The number of rotatable bonds is 5. The largest absolute Gasteiger partial charge is 0.497 e. The fourth-order valence-electron chi connectivity index (χ4n) is 1.96. The SMILES string of the molecule is COc1ccc([C@@H](C)N)c(OCc2c(F)cccc2F)c1. The first-order chi connectivity index (χ1) is 10.0. The molecule has 112 valence electrons. The average molecular weight is 293 g/mol. The van der Waals surface area contributed by atoms with E-state index in [0.717, 1.165) is 5.56 Å². The van der Waals surface area contributed by atoms with Gasteiger partial charge in [0, 0.05) is 17.7 Å². The van der Waals surface area contributed by atoms with Crippen LogP contribution < -0.4 is 15.2 Å². The zero-order chi connectivity index (χ0) is 15.4. The molecule has 0 saturated carbocycles. The van der Waals surface area contributed by atoms with E-state index in [4.69, 9.17) is 15.2 Å². The van der Waals surface area contributed by atoms with Gasteiger partial charge >= 0.3 is 0 Å². The van der Waals surface area contributed by atoms with Gasteiger partial charge in [0.15, 0.2) is 0 Å². The zero-order valence-electron chi connectivity index (χ0n) is 11.9. The van der Waals surface area contributed by atoms with Crippen molar-refractivity contribution in [2.24, 2.45) is 5.73 Å². The molecule has 0 aliphatic carbocycles. The van der Waals surface area contributed by atoms with Crippen LogP contribution in [0.5, 0.6) is 11.5 Å². The van der Waals surface area contributed by atoms with E-state index in [1.54, 1.807) is 25.1 Å². The highest BCUT2D eigenvalue weighted by molar-refractivity contribution is 5.42. The van der Waals surface area contributed by atoms with Crippen molar-refractivity contribution in [3.63, 3.8) is 0 Å². The molecule has 0 fully saturated rings. The lowest BCUT2D eigenvalue weighted by Crippen LogP contribution is -2.09. The van der Waals surface area contributed by atoms with Crippen molar-refractivity contribution in [3.05, 3.63) is 59.2 Å². The van der Waals surface area contributed by atoms with Crippen LogP contribution in [-0.4, -0.2) is 7.11 Å². The molecule has 0 amide bonds. The smallest absolute Gasteiger partial charge is 0.132 e. The fraction of sp³-hybridized carbons (Fsp3) is 0.250. The monoisotopic (exact) mass is 293 g/mol.